The molecule has 2 aromatic carbocycles. The Kier molecular flexibility index (Phi) is 6.85. The summed E-state index contributed by atoms with van der Waals surface area (Å²) in [6.07, 6.45) is 3.21. The highest BCUT2D eigenvalue weighted by Gasteiger charge is 2.28. The van der Waals surface area contributed by atoms with Crippen molar-refractivity contribution in [2.45, 2.75) is 32.4 Å². The number of rotatable bonds is 6. The highest BCUT2D eigenvalue weighted by Crippen LogP contribution is 2.20. The number of para-hydroxylation sites is 1. The summed E-state index contributed by atoms with van der Waals surface area (Å²) in [5.41, 5.74) is 3.09. The van der Waals surface area contributed by atoms with Crippen LogP contribution in [0.4, 0.5) is 4.39 Å². The second-order valence-electron chi connectivity index (χ2n) is 8.40. The van der Waals surface area contributed by atoms with Gasteiger partial charge in [-0.05, 0) is 35.7 Å². The van der Waals surface area contributed by atoms with Gasteiger partial charge in [0.2, 0.25) is 11.8 Å². The van der Waals surface area contributed by atoms with Gasteiger partial charge in [-0.25, -0.2) is 4.39 Å². The Labute approximate surface area is 187 Å². The second-order valence-corrected chi connectivity index (χ2v) is 8.40. The Bertz CT molecular complexity index is 1080. The van der Waals surface area contributed by atoms with Crippen molar-refractivity contribution in [2.75, 3.05) is 26.2 Å². The fourth-order valence-corrected chi connectivity index (χ4v) is 4.38. The molecule has 0 bridgehead atoms. The van der Waals surface area contributed by atoms with E-state index in [0.29, 0.717) is 19.5 Å². The molecule has 7 heteroatoms. The molecule has 1 atom stereocenters. The predicted molar refractivity (Wildman–Crippen MR) is 122 cm³/mol. The molecule has 6 nitrogen and oxygen atoms in total. The number of benzene rings is 2. The van der Waals surface area contributed by atoms with Crippen LogP contribution < -0.4 is 5.32 Å². The number of carbonyl (C=O) groups excluding carboxylic acids is 2. The molecule has 4 rings (SSSR count). The van der Waals surface area contributed by atoms with Gasteiger partial charge in [0, 0.05) is 63.2 Å². The molecule has 0 aliphatic carbocycles. The number of aromatic amines is 1. The van der Waals surface area contributed by atoms with Crippen LogP contribution in [0, 0.1) is 5.82 Å². The molecule has 2 amide bonds. The van der Waals surface area contributed by atoms with Crippen LogP contribution in [-0.4, -0.2) is 58.8 Å². The van der Waals surface area contributed by atoms with Crippen molar-refractivity contribution in [3.63, 3.8) is 0 Å². The zero-order valence-electron chi connectivity index (χ0n) is 18.3. The maximum Gasteiger partial charge on any atom is 0.245 e. The smallest absolute Gasteiger partial charge is 0.245 e. The maximum absolute atomic E-state index is 13.4. The zero-order valence-corrected chi connectivity index (χ0v) is 18.3. The Morgan fingerprint density at radius 1 is 1.06 bits per heavy atom. The summed E-state index contributed by atoms with van der Waals surface area (Å²) in [6.45, 7) is 5.04. The number of fused-ring (bicyclic) bond motifs is 1. The fourth-order valence-electron chi connectivity index (χ4n) is 4.38. The van der Waals surface area contributed by atoms with Crippen LogP contribution in [-0.2, 0) is 22.6 Å². The number of hydrogen-bond donors (Lipinski definition) is 2. The summed E-state index contributed by atoms with van der Waals surface area (Å²) in [7, 11) is 0. The molecule has 32 heavy (non-hydrogen) atoms. The predicted octanol–water partition coefficient (Wildman–Crippen LogP) is 3.09. The molecule has 0 spiro atoms. The normalized spacial score (nSPS) is 16.0. The number of amides is 2. The zero-order chi connectivity index (χ0) is 22.5. The average Bonchev–Trinajstić information content (AvgIpc) is 3.04. The van der Waals surface area contributed by atoms with Gasteiger partial charge in [-0.15, -0.1) is 0 Å². The van der Waals surface area contributed by atoms with E-state index in [9.17, 15) is 14.0 Å². The van der Waals surface area contributed by atoms with E-state index < -0.39 is 6.04 Å². The molecular weight excluding hydrogens is 407 g/mol. The molecule has 0 saturated carbocycles. The number of H-pyrrole nitrogens is 1. The largest absolute Gasteiger partial charge is 0.361 e. The van der Waals surface area contributed by atoms with Gasteiger partial charge in [0.15, 0.2) is 0 Å². The molecular formula is C25H29FN4O2. The van der Waals surface area contributed by atoms with Gasteiger partial charge >= 0.3 is 0 Å². The highest BCUT2D eigenvalue weighted by atomic mass is 19.1. The number of halogens is 1. The molecule has 3 aromatic rings. The summed E-state index contributed by atoms with van der Waals surface area (Å²) < 4.78 is 13.2. The Hall–Kier alpha value is -3.19. The van der Waals surface area contributed by atoms with Crippen molar-refractivity contribution < 1.29 is 14.0 Å². The van der Waals surface area contributed by atoms with E-state index in [4.69, 9.17) is 0 Å². The molecule has 1 aliphatic heterocycles. The molecule has 2 N–H and O–H groups in total. The van der Waals surface area contributed by atoms with Crippen molar-refractivity contribution in [2.24, 2.45) is 0 Å². The second kappa shape index (κ2) is 9.96. The maximum atomic E-state index is 13.4. The van der Waals surface area contributed by atoms with E-state index in [1.54, 1.807) is 12.1 Å². The van der Waals surface area contributed by atoms with Crippen molar-refractivity contribution in [3.05, 3.63) is 71.7 Å². The van der Waals surface area contributed by atoms with Crippen molar-refractivity contribution in [1.82, 2.24) is 20.1 Å². The number of aromatic nitrogens is 1. The van der Waals surface area contributed by atoms with Gasteiger partial charge in [-0.2, -0.15) is 0 Å². The number of nitrogens with zero attached hydrogens (tertiary/aromatic N) is 2. The van der Waals surface area contributed by atoms with E-state index in [1.165, 1.54) is 19.1 Å². The van der Waals surface area contributed by atoms with Gasteiger partial charge < -0.3 is 15.2 Å². The van der Waals surface area contributed by atoms with Crippen LogP contribution in [0.25, 0.3) is 10.9 Å². The molecule has 1 unspecified atom stereocenters. The molecule has 0 radical (unpaired) electrons. The van der Waals surface area contributed by atoms with Crippen molar-refractivity contribution >= 4 is 22.7 Å². The number of hydrogen-bond acceptors (Lipinski definition) is 3. The third kappa shape index (κ3) is 5.34. The van der Waals surface area contributed by atoms with Crippen molar-refractivity contribution in [3.8, 4) is 0 Å². The Morgan fingerprint density at radius 3 is 2.62 bits per heavy atom. The van der Waals surface area contributed by atoms with Crippen LogP contribution in [0.15, 0.2) is 54.7 Å². The SMILES string of the molecule is CC(=O)NC(Cc1c[nH]c2ccccc12)C(=O)N1CCCN(Cc2ccc(F)cc2)CC1. The monoisotopic (exact) mass is 436 g/mol. The summed E-state index contributed by atoms with van der Waals surface area (Å²) in [5.74, 6) is -0.495. The highest BCUT2D eigenvalue weighted by molar-refractivity contribution is 5.89. The van der Waals surface area contributed by atoms with Gasteiger partial charge in [-0.3, -0.25) is 14.5 Å². The van der Waals surface area contributed by atoms with Gasteiger partial charge in [-0.1, -0.05) is 30.3 Å². The fraction of sp³-hybridized carbons (Fsp3) is 0.360. The minimum Gasteiger partial charge on any atom is -0.361 e. The average molecular weight is 437 g/mol. The first-order valence-electron chi connectivity index (χ1n) is 11.1. The quantitative estimate of drug-likeness (QED) is 0.624. The summed E-state index contributed by atoms with van der Waals surface area (Å²) in [6, 6.07) is 13.9. The van der Waals surface area contributed by atoms with Crippen LogP contribution in [0.2, 0.25) is 0 Å². The third-order valence-electron chi connectivity index (χ3n) is 5.99. The summed E-state index contributed by atoms with van der Waals surface area (Å²) >= 11 is 0. The van der Waals surface area contributed by atoms with Crippen LogP contribution >= 0.6 is 0 Å². The molecule has 1 aromatic heterocycles. The van der Waals surface area contributed by atoms with Gasteiger partial charge in [0.25, 0.3) is 0 Å². The first-order valence-corrected chi connectivity index (χ1v) is 11.1. The van der Waals surface area contributed by atoms with E-state index in [0.717, 1.165) is 48.1 Å². The summed E-state index contributed by atoms with van der Waals surface area (Å²) in [4.78, 5) is 32.6. The lowest BCUT2D eigenvalue weighted by atomic mass is 10.0. The molecule has 1 aliphatic rings. The Morgan fingerprint density at radius 2 is 1.84 bits per heavy atom. The van der Waals surface area contributed by atoms with E-state index in [2.05, 4.69) is 15.2 Å². The first kappa shape index (κ1) is 22.0. The Balaban J connectivity index is 1.42. The molecule has 168 valence electrons. The van der Waals surface area contributed by atoms with E-state index in [-0.39, 0.29) is 17.6 Å². The summed E-state index contributed by atoms with van der Waals surface area (Å²) in [5, 5.41) is 3.93. The molecule has 2 heterocycles. The number of carbonyl (C=O) groups is 2. The van der Waals surface area contributed by atoms with Crippen LogP contribution in [0.3, 0.4) is 0 Å². The minimum atomic E-state index is -0.602. The third-order valence-corrected chi connectivity index (χ3v) is 5.99. The number of nitrogens with one attached hydrogen (secondary N) is 2. The lowest BCUT2D eigenvalue weighted by Crippen LogP contribution is -2.50. The standard InChI is InChI=1S/C25H29FN4O2/c1-18(31)28-24(15-20-16-27-23-6-3-2-5-22(20)23)25(32)30-12-4-11-29(13-14-30)17-19-7-9-21(26)10-8-19/h2-3,5-10,16,24,27H,4,11-15,17H2,1H3,(H,28,31). The lowest BCUT2D eigenvalue weighted by Gasteiger charge is -2.27. The van der Waals surface area contributed by atoms with Crippen LogP contribution in [0.1, 0.15) is 24.5 Å². The van der Waals surface area contributed by atoms with Gasteiger partial charge in [0.1, 0.15) is 11.9 Å². The van der Waals surface area contributed by atoms with Crippen molar-refractivity contribution in [1.29, 1.82) is 0 Å². The minimum absolute atomic E-state index is 0.0471. The topological polar surface area (TPSA) is 68.4 Å². The van der Waals surface area contributed by atoms with Crippen LogP contribution in [0.5, 0.6) is 0 Å². The molecule has 1 fully saturated rings. The van der Waals surface area contributed by atoms with Gasteiger partial charge in [0.05, 0.1) is 0 Å². The lowest BCUT2D eigenvalue weighted by molar-refractivity contribution is -0.136. The van der Waals surface area contributed by atoms with E-state index >= 15 is 0 Å². The van der Waals surface area contributed by atoms with E-state index in [1.807, 2.05) is 35.4 Å². The molecule has 1 saturated heterocycles. The first-order chi connectivity index (χ1) is 15.5.